The molecule has 132 valence electrons. The van der Waals surface area contributed by atoms with Crippen LogP contribution in [0.2, 0.25) is 5.02 Å². The molecular weight excluding hydrogens is 346 g/mol. The van der Waals surface area contributed by atoms with E-state index in [-0.39, 0.29) is 11.9 Å². The van der Waals surface area contributed by atoms with E-state index in [1.807, 2.05) is 68.4 Å². The fourth-order valence-corrected chi connectivity index (χ4v) is 2.85. The molecule has 2 N–H and O–H groups in total. The number of aromatic nitrogens is 1. The van der Waals surface area contributed by atoms with Gasteiger partial charge < -0.3 is 10.6 Å². The van der Waals surface area contributed by atoms with Gasteiger partial charge in [-0.3, -0.25) is 4.79 Å². The van der Waals surface area contributed by atoms with E-state index < -0.39 is 0 Å². The maximum Gasteiger partial charge on any atom is 0.270 e. The highest BCUT2D eigenvalue weighted by Gasteiger charge is 2.12. The van der Waals surface area contributed by atoms with E-state index >= 15 is 0 Å². The molecule has 0 aliphatic heterocycles. The molecule has 0 aliphatic rings. The molecule has 2 aromatic carbocycles. The van der Waals surface area contributed by atoms with Crippen LogP contribution in [0, 0.1) is 6.92 Å². The Morgan fingerprint density at radius 2 is 1.85 bits per heavy atom. The second-order valence-electron chi connectivity index (χ2n) is 6.12. The Morgan fingerprint density at radius 3 is 2.50 bits per heavy atom. The van der Waals surface area contributed by atoms with Crippen molar-refractivity contribution in [3.05, 3.63) is 88.7 Å². The molecule has 1 heterocycles. The third-order valence-corrected chi connectivity index (χ3v) is 4.35. The predicted octanol–water partition coefficient (Wildman–Crippen LogP) is 5.28. The lowest BCUT2D eigenvalue weighted by molar-refractivity contribution is 0.0935. The number of carbonyl (C=O) groups is 1. The number of carbonyl (C=O) groups excluding carboxylic acids is 1. The second-order valence-corrected chi connectivity index (χ2v) is 6.56. The minimum Gasteiger partial charge on any atom is -0.354 e. The van der Waals surface area contributed by atoms with E-state index in [2.05, 4.69) is 15.6 Å². The maximum atomic E-state index is 12.4. The van der Waals surface area contributed by atoms with Crippen molar-refractivity contribution in [1.29, 1.82) is 0 Å². The molecule has 26 heavy (non-hydrogen) atoms. The summed E-state index contributed by atoms with van der Waals surface area (Å²) in [6, 6.07) is 18.9. The Labute approximate surface area is 158 Å². The number of anilines is 2. The minimum atomic E-state index is -0.199. The van der Waals surface area contributed by atoms with Gasteiger partial charge in [-0.2, -0.15) is 0 Å². The summed E-state index contributed by atoms with van der Waals surface area (Å²) < 4.78 is 0. The number of aryl methyl sites for hydroxylation is 1. The summed E-state index contributed by atoms with van der Waals surface area (Å²) in [6.45, 7) is 3.93. The molecule has 0 spiro atoms. The molecule has 4 nitrogen and oxygen atoms in total. The van der Waals surface area contributed by atoms with Gasteiger partial charge in [0.2, 0.25) is 0 Å². The van der Waals surface area contributed by atoms with Crippen molar-refractivity contribution < 1.29 is 4.79 Å². The van der Waals surface area contributed by atoms with Crippen LogP contribution in [-0.2, 0) is 0 Å². The number of halogens is 1. The van der Waals surface area contributed by atoms with Crippen molar-refractivity contribution in [2.45, 2.75) is 19.9 Å². The summed E-state index contributed by atoms with van der Waals surface area (Å²) in [5.74, 6) is -0.199. The standard InChI is InChI=1S/C21H20ClN3O/c1-14-12-17(22)8-10-19(14)25-18-9-11-20(23-13-18)21(26)24-15(2)16-6-4-3-5-7-16/h3-13,15,25H,1-2H3,(H,24,26). The Hall–Kier alpha value is -2.85. The predicted molar refractivity (Wildman–Crippen MR) is 106 cm³/mol. The maximum absolute atomic E-state index is 12.4. The number of nitrogens with zero attached hydrogens (tertiary/aromatic N) is 1. The van der Waals surface area contributed by atoms with E-state index in [1.165, 1.54) is 0 Å². The van der Waals surface area contributed by atoms with E-state index in [0.717, 1.165) is 22.5 Å². The fourth-order valence-electron chi connectivity index (χ4n) is 2.62. The van der Waals surface area contributed by atoms with Crippen LogP contribution in [0.4, 0.5) is 11.4 Å². The summed E-state index contributed by atoms with van der Waals surface area (Å²) in [5, 5.41) is 6.94. The SMILES string of the molecule is Cc1cc(Cl)ccc1Nc1ccc(C(=O)NC(C)c2ccccc2)nc1. The van der Waals surface area contributed by atoms with Crippen LogP contribution in [0.5, 0.6) is 0 Å². The molecule has 5 heteroatoms. The van der Waals surface area contributed by atoms with E-state index in [0.29, 0.717) is 10.7 Å². The van der Waals surface area contributed by atoms with Gasteiger partial charge in [0.25, 0.3) is 5.91 Å². The van der Waals surface area contributed by atoms with Crippen molar-refractivity contribution in [3.63, 3.8) is 0 Å². The van der Waals surface area contributed by atoms with E-state index in [1.54, 1.807) is 12.3 Å². The molecular formula is C21H20ClN3O. The monoisotopic (exact) mass is 365 g/mol. The van der Waals surface area contributed by atoms with Gasteiger partial charge >= 0.3 is 0 Å². The number of amides is 1. The van der Waals surface area contributed by atoms with Crippen LogP contribution in [0.1, 0.15) is 34.6 Å². The minimum absolute atomic E-state index is 0.0833. The molecule has 1 atom stereocenters. The summed E-state index contributed by atoms with van der Waals surface area (Å²) in [5.41, 5.74) is 4.23. The van der Waals surface area contributed by atoms with Gasteiger partial charge in [-0.25, -0.2) is 4.98 Å². The molecule has 0 fully saturated rings. The van der Waals surface area contributed by atoms with Crippen LogP contribution in [0.3, 0.4) is 0 Å². The third kappa shape index (κ3) is 4.41. The van der Waals surface area contributed by atoms with Crippen molar-refractivity contribution in [1.82, 2.24) is 10.3 Å². The lowest BCUT2D eigenvalue weighted by Gasteiger charge is -2.14. The topological polar surface area (TPSA) is 54.0 Å². The highest BCUT2D eigenvalue weighted by Crippen LogP contribution is 2.23. The van der Waals surface area contributed by atoms with Crippen LogP contribution in [0.25, 0.3) is 0 Å². The average molecular weight is 366 g/mol. The highest BCUT2D eigenvalue weighted by atomic mass is 35.5. The van der Waals surface area contributed by atoms with Gasteiger partial charge in [0, 0.05) is 10.7 Å². The average Bonchev–Trinajstić information content (AvgIpc) is 2.65. The number of hydrogen-bond acceptors (Lipinski definition) is 3. The Bertz CT molecular complexity index is 895. The Kier molecular flexibility index (Phi) is 5.54. The van der Waals surface area contributed by atoms with Crippen molar-refractivity contribution in [2.24, 2.45) is 0 Å². The van der Waals surface area contributed by atoms with Crippen LogP contribution in [-0.4, -0.2) is 10.9 Å². The first kappa shape index (κ1) is 18.0. The molecule has 0 saturated carbocycles. The Balaban J connectivity index is 1.66. The molecule has 1 aromatic heterocycles. The molecule has 1 amide bonds. The second kappa shape index (κ2) is 8.02. The van der Waals surface area contributed by atoms with Crippen molar-refractivity contribution >= 4 is 28.9 Å². The number of benzene rings is 2. The normalized spacial score (nSPS) is 11.7. The van der Waals surface area contributed by atoms with E-state index in [9.17, 15) is 4.79 Å². The number of nitrogens with one attached hydrogen (secondary N) is 2. The number of rotatable bonds is 5. The van der Waals surface area contributed by atoms with Crippen molar-refractivity contribution in [3.8, 4) is 0 Å². The van der Waals surface area contributed by atoms with Crippen LogP contribution in [0.15, 0.2) is 66.9 Å². The summed E-state index contributed by atoms with van der Waals surface area (Å²) in [6.07, 6.45) is 1.65. The molecule has 0 aliphatic carbocycles. The van der Waals surface area contributed by atoms with Crippen LogP contribution < -0.4 is 10.6 Å². The first-order valence-corrected chi connectivity index (χ1v) is 8.76. The Morgan fingerprint density at radius 1 is 1.08 bits per heavy atom. The van der Waals surface area contributed by atoms with Gasteiger partial charge in [0.1, 0.15) is 5.69 Å². The number of hydrogen-bond donors (Lipinski definition) is 2. The van der Waals surface area contributed by atoms with Gasteiger partial charge in [-0.15, -0.1) is 0 Å². The van der Waals surface area contributed by atoms with Gasteiger partial charge in [-0.1, -0.05) is 41.9 Å². The molecule has 1 unspecified atom stereocenters. The van der Waals surface area contributed by atoms with E-state index in [4.69, 9.17) is 11.6 Å². The van der Waals surface area contributed by atoms with Crippen molar-refractivity contribution in [2.75, 3.05) is 5.32 Å². The number of pyridine rings is 1. The van der Waals surface area contributed by atoms with Gasteiger partial charge in [0.15, 0.2) is 0 Å². The lowest BCUT2D eigenvalue weighted by atomic mass is 10.1. The molecule has 0 radical (unpaired) electrons. The van der Waals surface area contributed by atoms with Gasteiger partial charge in [0.05, 0.1) is 17.9 Å². The zero-order valence-electron chi connectivity index (χ0n) is 14.7. The summed E-state index contributed by atoms with van der Waals surface area (Å²) >= 11 is 5.98. The molecule has 3 rings (SSSR count). The highest BCUT2D eigenvalue weighted by molar-refractivity contribution is 6.30. The quantitative estimate of drug-likeness (QED) is 0.646. The molecule has 3 aromatic rings. The molecule has 0 saturated heterocycles. The lowest BCUT2D eigenvalue weighted by Crippen LogP contribution is -2.27. The third-order valence-electron chi connectivity index (χ3n) is 4.11. The van der Waals surface area contributed by atoms with Gasteiger partial charge in [-0.05, 0) is 55.3 Å². The zero-order valence-corrected chi connectivity index (χ0v) is 15.4. The zero-order chi connectivity index (χ0) is 18.5. The largest absolute Gasteiger partial charge is 0.354 e. The van der Waals surface area contributed by atoms with Crippen LogP contribution >= 0.6 is 11.6 Å². The summed E-state index contributed by atoms with van der Waals surface area (Å²) in [7, 11) is 0. The molecule has 0 bridgehead atoms. The fraction of sp³-hybridized carbons (Fsp3) is 0.143. The smallest absolute Gasteiger partial charge is 0.270 e. The first-order valence-electron chi connectivity index (χ1n) is 8.38. The summed E-state index contributed by atoms with van der Waals surface area (Å²) in [4.78, 5) is 16.6. The first-order chi connectivity index (χ1) is 12.5.